The number of carbonyl (C=O) groups is 1. The molecular formula is C23H31NO3. The SMILES string of the molecule is CCCOC1(C(=O)Nc2ccc(O[C@H](C)CC)c3ccccc23)CCCC1. The van der Waals surface area contributed by atoms with Gasteiger partial charge in [0.25, 0.3) is 5.91 Å². The smallest absolute Gasteiger partial charge is 0.256 e. The van der Waals surface area contributed by atoms with Crippen LogP contribution in [-0.2, 0) is 9.53 Å². The molecule has 1 atom stereocenters. The molecule has 0 heterocycles. The van der Waals surface area contributed by atoms with Gasteiger partial charge in [-0.1, -0.05) is 38.1 Å². The molecular weight excluding hydrogens is 338 g/mol. The molecule has 0 radical (unpaired) electrons. The summed E-state index contributed by atoms with van der Waals surface area (Å²) in [6, 6.07) is 12.0. The maximum Gasteiger partial charge on any atom is 0.256 e. The van der Waals surface area contributed by atoms with E-state index in [9.17, 15) is 4.79 Å². The van der Waals surface area contributed by atoms with E-state index in [4.69, 9.17) is 9.47 Å². The molecule has 1 aliphatic rings. The molecule has 3 rings (SSSR count). The summed E-state index contributed by atoms with van der Waals surface area (Å²) in [5.74, 6) is 0.838. The first-order valence-electron chi connectivity index (χ1n) is 10.2. The van der Waals surface area contributed by atoms with Crippen molar-refractivity contribution >= 4 is 22.4 Å². The third kappa shape index (κ3) is 4.27. The Morgan fingerprint density at radius 1 is 1.11 bits per heavy atom. The van der Waals surface area contributed by atoms with Gasteiger partial charge in [0.15, 0.2) is 0 Å². The van der Waals surface area contributed by atoms with Crippen LogP contribution in [-0.4, -0.2) is 24.2 Å². The first kappa shape index (κ1) is 19.7. The highest BCUT2D eigenvalue weighted by Crippen LogP contribution is 2.37. The summed E-state index contributed by atoms with van der Waals surface area (Å²) in [5.41, 5.74) is 0.140. The third-order valence-electron chi connectivity index (χ3n) is 5.44. The number of hydrogen-bond acceptors (Lipinski definition) is 3. The number of nitrogens with one attached hydrogen (secondary N) is 1. The van der Waals surface area contributed by atoms with E-state index in [2.05, 4.69) is 26.1 Å². The van der Waals surface area contributed by atoms with Gasteiger partial charge in [-0.15, -0.1) is 0 Å². The van der Waals surface area contributed by atoms with Gasteiger partial charge in [0.05, 0.1) is 6.10 Å². The topological polar surface area (TPSA) is 47.6 Å². The standard InChI is InChI=1S/C23H31NO3/c1-4-16-26-23(14-8-9-15-23)22(25)24-20-12-13-21(27-17(3)5-2)19-11-7-6-10-18(19)20/h6-7,10-13,17H,4-5,8-9,14-16H2,1-3H3,(H,24,25)/t17-/m1/s1. The van der Waals surface area contributed by atoms with Crippen molar-refractivity contribution in [2.24, 2.45) is 0 Å². The van der Waals surface area contributed by atoms with Gasteiger partial charge in [-0.05, 0) is 57.6 Å². The zero-order valence-electron chi connectivity index (χ0n) is 16.7. The average Bonchev–Trinajstić information content (AvgIpc) is 3.18. The summed E-state index contributed by atoms with van der Waals surface area (Å²) in [7, 11) is 0. The highest BCUT2D eigenvalue weighted by molar-refractivity contribution is 6.06. The van der Waals surface area contributed by atoms with Crippen molar-refractivity contribution in [1.82, 2.24) is 0 Å². The fraction of sp³-hybridized carbons (Fsp3) is 0.522. The molecule has 2 aromatic carbocycles. The van der Waals surface area contributed by atoms with Crippen LogP contribution >= 0.6 is 0 Å². The number of benzene rings is 2. The van der Waals surface area contributed by atoms with Crippen molar-refractivity contribution in [3.63, 3.8) is 0 Å². The Bertz CT molecular complexity index is 780. The lowest BCUT2D eigenvalue weighted by atomic mass is 10.00. The predicted octanol–water partition coefficient (Wildman–Crippen LogP) is 5.70. The third-order valence-corrected chi connectivity index (χ3v) is 5.44. The molecule has 0 saturated heterocycles. The van der Waals surface area contributed by atoms with Crippen LogP contribution < -0.4 is 10.1 Å². The Balaban J connectivity index is 1.88. The molecule has 4 heteroatoms. The van der Waals surface area contributed by atoms with Crippen LogP contribution in [0.4, 0.5) is 5.69 Å². The van der Waals surface area contributed by atoms with Crippen LogP contribution in [0.3, 0.4) is 0 Å². The van der Waals surface area contributed by atoms with E-state index < -0.39 is 5.60 Å². The normalized spacial score (nSPS) is 17.0. The fourth-order valence-electron chi connectivity index (χ4n) is 3.70. The summed E-state index contributed by atoms with van der Waals surface area (Å²) in [4.78, 5) is 13.1. The second kappa shape index (κ2) is 8.75. The molecule has 0 aliphatic heterocycles. The van der Waals surface area contributed by atoms with Crippen molar-refractivity contribution in [3.8, 4) is 5.75 Å². The number of ether oxygens (including phenoxy) is 2. The molecule has 0 bridgehead atoms. The fourth-order valence-corrected chi connectivity index (χ4v) is 3.70. The lowest BCUT2D eigenvalue weighted by molar-refractivity contribution is -0.140. The Labute approximate surface area is 162 Å². The lowest BCUT2D eigenvalue weighted by Gasteiger charge is -2.28. The zero-order valence-corrected chi connectivity index (χ0v) is 16.7. The molecule has 1 aliphatic carbocycles. The Morgan fingerprint density at radius 2 is 1.81 bits per heavy atom. The number of hydrogen-bond donors (Lipinski definition) is 1. The van der Waals surface area contributed by atoms with Gasteiger partial charge in [0, 0.05) is 23.1 Å². The van der Waals surface area contributed by atoms with E-state index in [1.807, 2.05) is 36.4 Å². The summed E-state index contributed by atoms with van der Waals surface area (Å²) >= 11 is 0. The van der Waals surface area contributed by atoms with Crippen molar-refractivity contribution in [2.45, 2.75) is 71.0 Å². The second-order valence-corrected chi connectivity index (χ2v) is 7.50. The van der Waals surface area contributed by atoms with Gasteiger partial charge < -0.3 is 14.8 Å². The van der Waals surface area contributed by atoms with Crippen molar-refractivity contribution in [3.05, 3.63) is 36.4 Å². The Kier molecular flexibility index (Phi) is 6.38. The molecule has 146 valence electrons. The van der Waals surface area contributed by atoms with Gasteiger partial charge in [-0.2, -0.15) is 0 Å². The lowest BCUT2D eigenvalue weighted by Crippen LogP contribution is -2.43. The number of anilines is 1. The molecule has 0 spiro atoms. The van der Waals surface area contributed by atoms with E-state index in [0.717, 1.165) is 60.7 Å². The van der Waals surface area contributed by atoms with E-state index in [1.165, 1.54) is 0 Å². The van der Waals surface area contributed by atoms with Crippen LogP contribution in [0.1, 0.15) is 59.3 Å². The van der Waals surface area contributed by atoms with Crippen molar-refractivity contribution < 1.29 is 14.3 Å². The minimum absolute atomic E-state index is 0.0193. The Morgan fingerprint density at radius 3 is 2.48 bits per heavy atom. The molecule has 0 aromatic heterocycles. The first-order chi connectivity index (χ1) is 13.1. The van der Waals surface area contributed by atoms with Crippen LogP contribution in [0, 0.1) is 0 Å². The van der Waals surface area contributed by atoms with Gasteiger partial charge in [0.2, 0.25) is 0 Å². The van der Waals surface area contributed by atoms with E-state index >= 15 is 0 Å². The molecule has 1 saturated carbocycles. The van der Waals surface area contributed by atoms with E-state index in [-0.39, 0.29) is 12.0 Å². The molecule has 4 nitrogen and oxygen atoms in total. The van der Waals surface area contributed by atoms with Gasteiger partial charge >= 0.3 is 0 Å². The van der Waals surface area contributed by atoms with E-state index in [0.29, 0.717) is 6.61 Å². The Hall–Kier alpha value is -2.07. The van der Waals surface area contributed by atoms with Crippen molar-refractivity contribution in [2.75, 3.05) is 11.9 Å². The minimum atomic E-state index is -0.678. The van der Waals surface area contributed by atoms with E-state index in [1.54, 1.807) is 0 Å². The predicted molar refractivity (Wildman–Crippen MR) is 110 cm³/mol. The minimum Gasteiger partial charge on any atom is -0.490 e. The quantitative estimate of drug-likeness (QED) is 0.650. The van der Waals surface area contributed by atoms with Gasteiger partial charge in [0.1, 0.15) is 11.4 Å². The number of carbonyl (C=O) groups excluding carboxylic acids is 1. The second-order valence-electron chi connectivity index (χ2n) is 7.50. The number of rotatable bonds is 8. The molecule has 1 N–H and O–H groups in total. The monoisotopic (exact) mass is 369 g/mol. The van der Waals surface area contributed by atoms with Crippen LogP contribution in [0.15, 0.2) is 36.4 Å². The molecule has 27 heavy (non-hydrogen) atoms. The molecule has 2 aromatic rings. The zero-order chi connectivity index (χ0) is 19.3. The summed E-state index contributed by atoms with van der Waals surface area (Å²) in [6.45, 7) is 6.87. The van der Waals surface area contributed by atoms with Crippen molar-refractivity contribution in [1.29, 1.82) is 0 Å². The van der Waals surface area contributed by atoms with Gasteiger partial charge in [-0.25, -0.2) is 0 Å². The summed E-state index contributed by atoms with van der Waals surface area (Å²) in [6.07, 6.45) is 5.69. The van der Waals surface area contributed by atoms with Gasteiger partial charge in [-0.3, -0.25) is 4.79 Å². The maximum atomic E-state index is 13.1. The largest absolute Gasteiger partial charge is 0.490 e. The van der Waals surface area contributed by atoms with Crippen LogP contribution in [0.25, 0.3) is 10.8 Å². The highest BCUT2D eigenvalue weighted by Gasteiger charge is 2.42. The molecule has 0 unspecified atom stereocenters. The van der Waals surface area contributed by atoms with Crippen LogP contribution in [0.5, 0.6) is 5.75 Å². The number of amides is 1. The summed E-state index contributed by atoms with van der Waals surface area (Å²) in [5, 5.41) is 5.17. The summed E-state index contributed by atoms with van der Waals surface area (Å²) < 4.78 is 12.1. The average molecular weight is 370 g/mol. The molecule has 1 fully saturated rings. The van der Waals surface area contributed by atoms with Crippen LogP contribution in [0.2, 0.25) is 0 Å². The first-order valence-corrected chi connectivity index (χ1v) is 10.2. The maximum absolute atomic E-state index is 13.1. The highest BCUT2D eigenvalue weighted by atomic mass is 16.5. The molecule has 1 amide bonds. The number of fused-ring (bicyclic) bond motifs is 1.